The summed E-state index contributed by atoms with van der Waals surface area (Å²) in [7, 11) is 0. The first kappa shape index (κ1) is 23.1. The molecule has 0 atom stereocenters. The predicted molar refractivity (Wildman–Crippen MR) is 116 cm³/mol. The van der Waals surface area contributed by atoms with Gasteiger partial charge in [-0.2, -0.15) is 0 Å². The van der Waals surface area contributed by atoms with Gasteiger partial charge in [-0.25, -0.2) is 14.5 Å². The maximum absolute atomic E-state index is 12.7. The van der Waals surface area contributed by atoms with Crippen LogP contribution >= 0.6 is 0 Å². The molecule has 2 aromatic carbocycles. The molecule has 30 heavy (non-hydrogen) atoms. The van der Waals surface area contributed by atoms with Crippen LogP contribution in [0.1, 0.15) is 40.0 Å². The number of carbonyl (C=O) groups excluding carboxylic acids is 3. The summed E-state index contributed by atoms with van der Waals surface area (Å²) >= 11 is 0. The lowest BCUT2D eigenvalue weighted by Crippen LogP contribution is -2.48. The summed E-state index contributed by atoms with van der Waals surface area (Å²) < 4.78 is 0. The molecule has 2 aromatic rings. The van der Waals surface area contributed by atoms with Crippen LogP contribution in [0.2, 0.25) is 0 Å². The first-order valence-electron chi connectivity index (χ1n) is 10.1. The average molecular weight is 412 g/mol. The molecule has 0 spiro atoms. The second-order valence-electron chi connectivity index (χ2n) is 7.36. The van der Waals surface area contributed by atoms with Crippen molar-refractivity contribution in [1.82, 2.24) is 9.96 Å². The van der Waals surface area contributed by atoms with Gasteiger partial charge >= 0.3 is 12.1 Å². The standard InChI is InChI=1S/C23H29N3O4/c1-4-25(23(29)26(30)21(27)16-10-11-17(2)3)22(28)24-20-15-9-8-14-19(20)18-12-6-5-7-13-18/h5-9,12-15,17,30H,4,10-11,16H2,1-3H3,(H,24,28). The zero-order valence-corrected chi connectivity index (χ0v) is 17.7. The Bertz CT molecular complexity index is 868. The summed E-state index contributed by atoms with van der Waals surface area (Å²) in [5.74, 6) is -0.306. The number of hydrogen-bond acceptors (Lipinski definition) is 4. The van der Waals surface area contributed by atoms with Crippen molar-refractivity contribution in [2.24, 2.45) is 5.92 Å². The molecule has 0 aliphatic carbocycles. The zero-order chi connectivity index (χ0) is 22.1. The maximum Gasteiger partial charge on any atom is 0.359 e. The van der Waals surface area contributed by atoms with Crippen molar-refractivity contribution < 1.29 is 19.6 Å². The molecule has 0 heterocycles. The molecule has 0 aliphatic heterocycles. The summed E-state index contributed by atoms with van der Waals surface area (Å²) in [6.07, 6.45) is 1.40. The minimum atomic E-state index is -1.07. The molecule has 7 heteroatoms. The summed E-state index contributed by atoms with van der Waals surface area (Å²) in [6, 6.07) is 14.9. The first-order valence-corrected chi connectivity index (χ1v) is 10.1. The molecular formula is C23H29N3O4. The Balaban J connectivity index is 2.10. The third-order valence-corrected chi connectivity index (χ3v) is 4.64. The fourth-order valence-electron chi connectivity index (χ4n) is 3.00. The van der Waals surface area contributed by atoms with Gasteiger partial charge in [0.2, 0.25) is 0 Å². The second-order valence-corrected chi connectivity index (χ2v) is 7.36. The van der Waals surface area contributed by atoms with Crippen LogP contribution in [-0.2, 0) is 4.79 Å². The molecule has 0 saturated heterocycles. The number of nitrogens with one attached hydrogen (secondary N) is 1. The summed E-state index contributed by atoms with van der Waals surface area (Å²) in [6.45, 7) is 5.65. The average Bonchev–Trinajstić information content (AvgIpc) is 2.74. The highest BCUT2D eigenvalue weighted by Crippen LogP contribution is 2.27. The van der Waals surface area contributed by atoms with Crippen LogP contribution in [0.25, 0.3) is 11.1 Å². The normalized spacial score (nSPS) is 10.6. The number of nitrogens with zero attached hydrogens (tertiary/aromatic N) is 2. The molecule has 0 aliphatic rings. The number of urea groups is 2. The largest absolute Gasteiger partial charge is 0.359 e. The Morgan fingerprint density at radius 2 is 1.63 bits per heavy atom. The topological polar surface area (TPSA) is 90.0 Å². The lowest BCUT2D eigenvalue weighted by Gasteiger charge is -2.24. The van der Waals surface area contributed by atoms with Gasteiger partial charge in [-0.05, 0) is 30.9 Å². The van der Waals surface area contributed by atoms with Crippen molar-refractivity contribution in [3.63, 3.8) is 0 Å². The number of para-hydroxylation sites is 1. The Hall–Kier alpha value is -3.19. The van der Waals surface area contributed by atoms with E-state index in [9.17, 15) is 19.6 Å². The molecule has 2 rings (SSSR count). The number of imide groups is 2. The molecule has 0 bridgehead atoms. The predicted octanol–water partition coefficient (Wildman–Crippen LogP) is 5.37. The van der Waals surface area contributed by atoms with Crippen LogP contribution in [-0.4, -0.2) is 39.7 Å². The molecular weight excluding hydrogens is 382 g/mol. The van der Waals surface area contributed by atoms with E-state index in [0.717, 1.165) is 22.4 Å². The SMILES string of the molecule is CCN(C(=O)Nc1ccccc1-c1ccccc1)C(=O)N(O)C(=O)CCCC(C)C. The molecule has 0 aromatic heterocycles. The quantitative estimate of drug-likeness (QED) is 0.473. The molecule has 5 amide bonds. The third kappa shape index (κ3) is 6.15. The van der Waals surface area contributed by atoms with Crippen LogP contribution in [0.3, 0.4) is 0 Å². The number of rotatable bonds is 7. The van der Waals surface area contributed by atoms with E-state index in [0.29, 0.717) is 18.0 Å². The lowest BCUT2D eigenvalue weighted by molar-refractivity contribution is -0.154. The van der Waals surface area contributed by atoms with Crippen molar-refractivity contribution in [1.29, 1.82) is 0 Å². The van der Waals surface area contributed by atoms with E-state index in [1.165, 1.54) is 0 Å². The van der Waals surface area contributed by atoms with Crippen molar-refractivity contribution >= 4 is 23.7 Å². The van der Waals surface area contributed by atoms with Gasteiger partial charge in [0.05, 0.1) is 5.69 Å². The van der Waals surface area contributed by atoms with Crippen molar-refractivity contribution in [2.45, 2.75) is 40.0 Å². The van der Waals surface area contributed by atoms with Gasteiger partial charge in [-0.1, -0.05) is 68.8 Å². The van der Waals surface area contributed by atoms with E-state index in [-0.39, 0.29) is 18.0 Å². The van der Waals surface area contributed by atoms with Crippen molar-refractivity contribution in [2.75, 3.05) is 11.9 Å². The highest BCUT2D eigenvalue weighted by molar-refractivity contribution is 6.05. The molecule has 0 radical (unpaired) electrons. The molecule has 0 saturated carbocycles. The molecule has 0 unspecified atom stereocenters. The Morgan fingerprint density at radius 3 is 2.27 bits per heavy atom. The van der Waals surface area contributed by atoms with Crippen molar-refractivity contribution in [3.8, 4) is 11.1 Å². The van der Waals surface area contributed by atoms with Crippen LogP contribution in [0, 0.1) is 5.92 Å². The second kappa shape index (κ2) is 11.1. The third-order valence-electron chi connectivity index (χ3n) is 4.64. The highest BCUT2D eigenvalue weighted by Gasteiger charge is 2.29. The Kier molecular flexibility index (Phi) is 8.55. The molecule has 7 nitrogen and oxygen atoms in total. The van der Waals surface area contributed by atoms with Gasteiger partial charge in [0, 0.05) is 18.5 Å². The van der Waals surface area contributed by atoms with Crippen LogP contribution < -0.4 is 5.32 Å². The van der Waals surface area contributed by atoms with Gasteiger partial charge < -0.3 is 5.32 Å². The minimum Gasteiger partial charge on any atom is -0.307 e. The fourth-order valence-corrected chi connectivity index (χ4v) is 3.00. The monoisotopic (exact) mass is 411 g/mol. The molecule has 0 fully saturated rings. The number of hydroxylamine groups is 2. The number of benzene rings is 2. The van der Waals surface area contributed by atoms with Gasteiger partial charge in [0.25, 0.3) is 5.91 Å². The highest BCUT2D eigenvalue weighted by atomic mass is 16.5. The van der Waals surface area contributed by atoms with Gasteiger partial charge in [-0.3, -0.25) is 10.0 Å². The molecule has 160 valence electrons. The number of anilines is 1. The van der Waals surface area contributed by atoms with Gasteiger partial charge in [-0.15, -0.1) is 5.06 Å². The number of amides is 5. The van der Waals surface area contributed by atoms with E-state index in [2.05, 4.69) is 5.32 Å². The lowest BCUT2D eigenvalue weighted by atomic mass is 10.0. The molecule has 2 N–H and O–H groups in total. The van der Waals surface area contributed by atoms with Crippen LogP contribution in [0.4, 0.5) is 15.3 Å². The smallest absolute Gasteiger partial charge is 0.307 e. The first-order chi connectivity index (χ1) is 14.3. The fraction of sp³-hybridized carbons (Fsp3) is 0.348. The maximum atomic E-state index is 12.7. The number of carbonyl (C=O) groups is 3. The van der Waals surface area contributed by atoms with Gasteiger partial charge in [0.15, 0.2) is 0 Å². The Labute approximate surface area is 177 Å². The van der Waals surface area contributed by atoms with E-state index in [1.807, 2.05) is 56.3 Å². The zero-order valence-electron chi connectivity index (χ0n) is 17.7. The number of hydrogen-bond donors (Lipinski definition) is 2. The summed E-state index contributed by atoms with van der Waals surface area (Å²) in [4.78, 5) is 38.2. The summed E-state index contributed by atoms with van der Waals surface area (Å²) in [5.41, 5.74) is 2.22. The van der Waals surface area contributed by atoms with Crippen LogP contribution in [0.5, 0.6) is 0 Å². The summed E-state index contributed by atoms with van der Waals surface area (Å²) in [5, 5.41) is 12.8. The minimum absolute atomic E-state index is 0.00545. The van der Waals surface area contributed by atoms with E-state index in [4.69, 9.17) is 0 Å². The van der Waals surface area contributed by atoms with E-state index in [1.54, 1.807) is 19.1 Å². The van der Waals surface area contributed by atoms with E-state index < -0.39 is 18.0 Å². The van der Waals surface area contributed by atoms with Crippen LogP contribution in [0.15, 0.2) is 54.6 Å². The van der Waals surface area contributed by atoms with Crippen molar-refractivity contribution in [3.05, 3.63) is 54.6 Å². The van der Waals surface area contributed by atoms with E-state index >= 15 is 0 Å². The Morgan fingerprint density at radius 1 is 1.00 bits per heavy atom. The van der Waals surface area contributed by atoms with Gasteiger partial charge in [0.1, 0.15) is 0 Å².